The van der Waals surface area contributed by atoms with Crippen LogP contribution in [0.3, 0.4) is 0 Å². The van der Waals surface area contributed by atoms with Crippen LogP contribution in [0.25, 0.3) is 0 Å². The first-order valence-corrected chi connectivity index (χ1v) is 7.49. The van der Waals surface area contributed by atoms with Crippen LogP contribution in [0.2, 0.25) is 0 Å². The fourth-order valence-electron chi connectivity index (χ4n) is 3.03. The van der Waals surface area contributed by atoms with Crippen LogP contribution in [0.4, 0.5) is 4.79 Å². The van der Waals surface area contributed by atoms with Crippen LogP contribution in [-0.2, 0) is 14.3 Å². The zero-order valence-corrected chi connectivity index (χ0v) is 13.2. The molecule has 0 unspecified atom stereocenters. The summed E-state index contributed by atoms with van der Waals surface area (Å²) in [5.41, 5.74) is 0. The van der Waals surface area contributed by atoms with Gasteiger partial charge in [-0.15, -0.1) is 0 Å². The van der Waals surface area contributed by atoms with E-state index in [1.54, 1.807) is 0 Å². The highest BCUT2D eigenvalue weighted by molar-refractivity contribution is 5.74. The maximum Gasteiger partial charge on any atom is 0.407 e. The van der Waals surface area contributed by atoms with Gasteiger partial charge in [-0.3, -0.25) is 9.59 Å². The zero-order chi connectivity index (χ0) is 17.6. The van der Waals surface area contributed by atoms with Crippen molar-refractivity contribution in [3.63, 3.8) is 0 Å². The Morgan fingerprint density at radius 1 is 1.30 bits per heavy atom. The van der Waals surface area contributed by atoms with Gasteiger partial charge >= 0.3 is 12.1 Å². The standard InChI is InChI=1S/C14H24N2O7/c1-7(18)16-11(10(19)5-6-17)8-3-4-9(13(20)21)12(8)23-14(22)15-2/h8-12,17,19H,3-6H2,1-2H3,(H,15,22)(H,16,18)(H,20,21)/t8-,9+,10+,11+,12+/m1/s1. The topological polar surface area (TPSA) is 145 Å². The van der Waals surface area contributed by atoms with Crippen LogP contribution in [0.5, 0.6) is 0 Å². The number of aliphatic hydroxyl groups is 2. The minimum atomic E-state index is -1.10. The predicted molar refractivity (Wildman–Crippen MR) is 78.5 cm³/mol. The maximum absolute atomic E-state index is 11.5. The van der Waals surface area contributed by atoms with E-state index in [1.807, 2.05) is 0 Å². The van der Waals surface area contributed by atoms with Crippen LogP contribution in [0, 0.1) is 11.8 Å². The van der Waals surface area contributed by atoms with Crippen LogP contribution in [0.1, 0.15) is 26.2 Å². The third-order valence-corrected chi connectivity index (χ3v) is 4.06. The Hall–Kier alpha value is -1.87. The molecule has 0 radical (unpaired) electrons. The Bertz CT molecular complexity index is 443. The summed E-state index contributed by atoms with van der Waals surface area (Å²) in [6.45, 7) is 0.990. The van der Waals surface area contributed by atoms with Gasteiger partial charge < -0.3 is 30.7 Å². The Balaban J connectivity index is 3.02. The lowest BCUT2D eigenvalue weighted by Crippen LogP contribution is -2.52. The number of hydrogen-bond donors (Lipinski definition) is 5. The van der Waals surface area contributed by atoms with Gasteiger partial charge in [0, 0.05) is 26.5 Å². The van der Waals surface area contributed by atoms with Gasteiger partial charge in [-0.25, -0.2) is 4.79 Å². The first kappa shape index (κ1) is 19.2. The van der Waals surface area contributed by atoms with E-state index in [0.717, 1.165) is 0 Å². The molecule has 1 rings (SSSR count). The van der Waals surface area contributed by atoms with Crippen LogP contribution in [-0.4, -0.2) is 65.2 Å². The molecule has 0 aromatic heterocycles. The first-order valence-electron chi connectivity index (χ1n) is 7.49. The molecule has 0 aromatic carbocycles. The normalized spacial score (nSPS) is 26.2. The fraction of sp³-hybridized carbons (Fsp3) is 0.786. The second-order valence-electron chi connectivity index (χ2n) is 5.61. The van der Waals surface area contributed by atoms with Gasteiger partial charge in [-0.1, -0.05) is 0 Å². The molecular weight excluding hydrogens is 308 g/mol. The number of rotatable bonds is 7. The molecular formula is C14H24N2O7. The van der Waals surface area contributed by atoms with E-state index in [9.17, 15) is 24.6 Å². The van der Waals surface area contributed by atoms with Gasteiger partial charge in [0.15, 0.2) is 0 Å². The van der Waals surface area contributed by atoms with Crippen molar-refractivity contribution in [2.45, 2.75) is 44.4 Å². The molecule has 132 valence electrons. The lowest BCUT2D eigenvalue weighted by Gasteiger charge is -2.33. The SMILES string of the molecule is CNC(=O)O[C@H]1[C@@H]([C@H](NC(C)=O)[C@@H](O)CCO)CC[C@@H]1C(=O)O. The van der Waals surface area contributed by atoms with Crippen LogP contribution < -0.4 is 10.6 Å². The lowest BCUT2D eigenvalue weighted by atomic mass is 9.88. The highest BCUT2D eigenvalue weighted by Crippen LogP contribution is 2.37. The second kappa shape index (κ2) is 8.68. The third-order valence-electron chi connectivity index (χ3n) is 4.06. The molecule has 2 amide bonds. The second-order valence-corrected chi connectivity index (χ2v) is 5.61. The summed E-state index contributed by atoms with van der Waals surface area (Å²) in [5, 5.41) is 33.3. The van der Waals surface area contributed by atoms with Crippen molar-refractivity contribution >= 4 is 18.0 Å². The van der Waals surface area contributed by atoms with E-state index in [-0.39, 0.29) is 19.4 Å². The number of aliphatic carboxylic acids is 1. The molecule has 23 heavy (non-hydrogen) atoms. The molecule has 1 fully saturated rings. The molecule has 5 atom stereocenters. The Morgan fingerprint density at radius 3 is 2.43 bits per heavy atom. The van der Waals surface area contributed by atoms with Crippen LogP contribution in [0.15, 0.2) is 0 Å². The van der Waals surface area contributed by atoms with Gasteiger partial charge in [0.1, 0.15) is 6.10 Å². The molecule has 0 aliphatic heterocycles. The molecule has 9 heteroatoms. The van der Waals surface area contributed by atoms with E-state index in [0.29, 0.717) is 6.42 Å². The van der Waals surface area contributed by atoms with E-state index in [2.05, 4.69) is 10.6 Å². The van der Waals surface area contributed by atoms with Crippen molar-refractivity contribution < 1.29 is 34.4 Å². The summed E-state index contributed by atoms with van der Waals surface area (Å²) in [7, 11) is 1.36. The Kier molecular flexibility index (Phi) is 7.24. The molecule has 5 N–H and O–H groups in total. The van der Waals surface area contributed by atoms with Crippen molar-refractivity contribution in [3.8, 4) is 0 Å². The minimum Gasteiger partial charge on any atom is -0.481 e. The van der Waals surface area contributed by atoms with Crippen molar-refractivity contribution in [1.29, 1.82) is 0 Å². The van der Waals surface area contributed by atoms with Crippen molar-refractivity contribution in [2.75, 3.05) is 13.7 Å². The van der Waals surface area contributed by atoms with Crippen molar-refractivity contribution in [1.82, 2.24) is 10.6 Å². The van der Waals surface area contributed by atoms with Crippen molar-refractivity contribution in [3.05, 3.63) is 0 Å². The summed E-state index contributed by atoms with van der Waals surface area (Å²) < 4.78 is 5.18. The van der Waals surface area contributed by atoms with E-state index in [1.165, 1.54) is 14.0 Å². The molecule has 1 aliphatic rings. The number of alkyl carbamates (subject to hydrolysis) is 1. The average molecular weight is 332 g/mol. The highest BCUT2D eigenvalue weighted by Gasteiger charge is 2.48. The summed E-state index contributed by atoms with van der Waals surface area (Å²) in [6, 6.07) is -0.807. The smallest absolute Gasteiger partial charge is 0.407 e. The van der Waals surface area contributed by atoms with Gasteiger partial charge in [0.25, 0.3) is 0 Å². The first-order chi connectivity index (χ1) is 10.8. The molecule has 0 saturated heterocycles. The number of hydrogen-bond acceptors (Lipinski definition) is 6. The molecule has 1 saturated carbocycles. The minimum absolute atomic E-state index is 0.0197. The quantitative estimate of drug-likeness (QED) is 0.405. The van der Waals surface area contributed by atoms with E-state index >= 15 is 0 Å². The molecule has 0 heterocycles. The van der Waals surface area contributed by atoms with Gasteiger partial charge in [0.2, 0.25) is 5.91 Å². The van der Waals surface area contributed by atoms with Gasteiger partial charge in [0.05, 0.1) is 18.1 Å². The van der Waals surface area contributed by atoms with E-state index < -0.39 is 48.1 Å². The Labute approximate surface area is 134 Å². The molecule has 0 aromatic rings. The van der Waals surface area contributed by atoms with Crippen LogP contribution >= 0.6 is 0 Å². The fourth-order valence-corrected chi connectivity index (χ4v) is 3.03. The van der Waals surface area contributed by atoms with E-state index in [4.69, 9.17) is 9.84 Å². The lowest BCUT2D eigenvalue weighted by molar-refractivity contribution is -0.145. The zero-order valence-electron chi connectivity index (χ0n) is 13.2. The largest absolute Gasteiger partial charge is 0.481 e. The maximum atomic E-state index is 11.5. The monoisotopic (exact) mass is 332 g/mol. The predicted octanol–water partition coefficient (Wildman–Crippen LogP) is -0.930. The van der Waals surface area contributed by atoms with Crippen molar-refractivity contribution in [2.24, 2.45) is 11.8 Å². The number of amides is 2. The summed E-state index contributed by atoms with van der Waals surface area (Å²) in [4.78, 5) is 34.3. The number of carbonyl (C=O) groups is 3. The number of carboxylic acids is 1. The number of carbonyl (C=O) groups excluding carboxylic acids is 2. The number of aliphatic hydroxyl groups excluding tert-OH is 2. The van der Waals surface area contributed by atoms with Gasteiger partial charge in [-0.05, 0) is 19.3 Å². The molecule has 1 aliphatic carbocycles. The average Bonchev–Trinajstić information content (AvgIpc) is 2.88. The summed E-state index contributed by atoms with van der Waals surface area (Å²) in [5.74, 6) is -2.96. The summed E-state index contributed by atoms with van der Waals surface area (Å²) >= 11 is 0. The molecule has 0 spiro atoms. The highest BCUT2D eigenvalue weighted by atomic mass is 16.6. The number of carboxylic acid groups (broad SMARTS) is 1. The third kappa shape index (κ3) is 5.07. The summed E-state index contributed by atoms with van der Waals surface area (Å²) in [6.07, 6.45) is -2.16. The molecule has 9 nitrogen and oxygen atoms in total. The number of nitrogens with one attached hydrogen (secondary N) is 2. The molecule has 0 bridgehead atoms. The Morgan fingerprint density at radius 2 is 1.96 bits per heavy atom. The van der Waals surface area contributed by atoms with Gasteiger partial charge in [-0.2, -0.15) is 0 Å². The number of ether oxygens (including phenoxy) is 1.